The second kappa shape index (κ2) is 4.45. The Morgan fingerprint density at radius 1 is 1.59 bits per heavy atom. The molecule has 2 N–H and O–H groups in total. The standard InChI is InChI=1S/C12H16N4O/c1-8(10-7-16(3)15-9(10)2)14-12(17)11-5-4-6-13-11/h4-8,13H,1-3H3,(H,14,17). The summed E-state index contributed by atoms with van der Waals surface area (Å²) in [5.74, 6) is -0.106. The van der Waals surface area contributed by atoms with E-state index in [-0.39, 0.29) is 11.9 Å². The van der Waals surface area contributed by atoms with Crippen LogP contribution in [-0.4, -0.2) is 20.7 Å². The monoisotopic (exact) mass is 232 g/mol. The van der Waals surface area contributed by atoms with Gasteiger partial charge < -0.3 is 10.3 Å². The molecule has 5 nitrogen and oxygen atoms in total. The molecule has 2 aromatic heterocycles. The first kappa shape index (κ1) is 11.4. The summed E-state index contributed by atoms with van der Waals surface area (Å²) in [6.45, 7) is 3.89. The van der Waals surface area contributed by atoms with Crippen LogP contribution in [0.4, 0.5) is 0 Å². The number of carbonyl (C=O) groups excluding carboxylic acids is 1. The molecule has 0 saturated carbocycles. The van der Waals surface area contributed by atoms with Crippen molar-refractivity contribution >= 4 is 5.91 Å². The van der Waals surface area contributed by atoms with Gasteiger partial charge in [-0.25, -0.2) is 0 Å². The normalized spacial score (nSPS) is 12.4. The fraction of sp³-hybridized carbons (Fsp3) is 0.333. The van der Waals surface area contributed by atoms with Crippen molar-refractivity contribution in [1.29, 1.82) is 0 Å². The van der Waals surface area contributed by atoms with Crippen molar-refractivity contribution in [3.05, 3.63) is 41.5 Å². The molecule has 0 bridgehead atoms. The Hall–Kier alpha value is -2.04. The van der Waals surface area contributed by atoms with E-state index >= 15 is 0 Å². The van der Waals surface area contributed by atoms with E-state index in [0.717, 1.165) is 11.3 Å². The molecule has 0 saturated heterocycles. The molecular weight excluding hydrogens is 216 g/mol. The van der Waals surface area contributed by atoms with Gasteiger partial charge in [0.05, 0.1) is 11.7 Å². The summed E-state index contributed by atoms with van der Waals surface area (Å²) in [5, 5.41) is 7.19. The highest BCUT2D eigenvalue weighted by molar-refractivity contribution is 5.92. The molecular formula is C12H16N4O. The number of aryl methyl sites for hydroxylation is 2. The average Bonchev–Trinajstić information content (AvgIpc) is 2.87. The SMILES string of the molecule is Cc1nn(C)cc1C(C)NC(=O)c1ccc[nH]1. The van der Waals surface area contributed by atoms with Gasteiger partial charge in [-0.2, -0.15) is 5.10 Å². The Bertz CT molecular complexity index is 513. The maximum Gasteiger partial charge on any atom is 0.268 e. The molecule has 0 fully saturated rings. The fourth-order valence-electron chi connectivity index (χ4n) is 1.87. The molecule has 2 rings (SSSR count). The van der Waals surface area contributed by atoms with Crippen LogP contribution in [0, 0.1) is 6.92 Å². The van der Waals surface area contributed by atoms with Crippen LogP contribution in [-0.2, 0) is 7.05 Å². The Labute approximate surface area is 99.8 Å². The van der Waals surface area contributed by atoms with E-state index in [9.17, 15) is 4.79 Å². The van der Waals surface area contributed by atoms with Gasteiger partial charge in [0.25, 0.3) is 5.91 Å². The van der Waals surface area contributed by atoms with Crippen LogP contribution in [0.2, 0.25) is 0 Å². The first-order valence-electron chi connectivity index (χ1n) is 5.52. The summed E-state index contributed by atoms with van der Waals surface area (Å²) >= 11 is 0. The van der Waals surface area contributed by atoms with Crippen LogP contribution < -0.4 is 5.32 Å². The smallest absolute Gasteiger partial charge is 0.268 e. The van der Waals surface area contributed by atoms with Crippen molar-refractivity contribution in [2.45, 2.75) is 19.9 Å². The molecule has 1 amide bonds. The number of hydrogen-bond donors (Lipinski definition) is 2. The zero-order chi connectivity index (χ0) is 12.4. The molecule has 0 spiro atoms. The molecule has 0 aliphatic heterocycles. The van der Waals surface area contributed by atoms with E-state index in [1.165, 1.54) is 0 Å². The van der Waals surface area contributed by atoms with Gasteiger partial charge in [0.1, 0.15) is 5.69 Å². The van der Waals surface area contributed by atoms with Gasteiger partial charge >= 0.3 is 0 Å². The number of rotatable bonds is 3. The van der Waals surface area contributed by atoms with Gasteiger partial charge in [-0.05, 0) is 26.0 Å². The van der Waals surface area contributed by atoms with Crippen molar-refractivity contribution in [1.82, 2.24) is 20.1 Å². The number of aromatic nitrogens is 3. The predicted octanol–water partition coefficient (Wildman–Crippen LogP) is 1.55. The summed E-state index contributed by atoms with van der Waals surface area (Å²) in [5.41, 5.74) is 2.54. The van der Waals surface area contributed by atoms with Crippen molar-refractivity contribution in [2.24, 2.45) is 7.05 Å². The lowest BCUT2D eigenvalue weighted by atomic mass is 10.1. The molecule has 2 aromatic rings. The molecule has 5 heteroatoms. The molecule has 90 valence electrons. The van der Waals surface area contributed by atoms with Gasteiger partial charge in [-0.1, -0.05) is 0 Å². The average molecular weight is 232 g/mol. The number of nitrogens with zero attached hydrogens (tertiary/aromatic N) is 2. The highest BCUT2D eigenvalue weighted by Crippen LogP contribution is 2.15. The van der Waals surface area contributed by atoms with Crippen molar-refractivity contribution in [3.8, 4) is 0 Å². The van der Waals surface area contributed by atoms with Crippen molar-refractivity contribution in [3.63, 3.8) is 0 Å². The molecule has 0 radical (unpaired) electrons. The van der Waals surface area contributed by atoms with Crippen LogP contribution in [0.3, 0.4) is 0 Å². The van der Waals surface area contributed by atoms with Crippen molar-refractivity contribution in [2.75, 3.05) is 0 Å². The first-order valence-corrected chi connectivity index (χ1v) is 5.52. The number of aromatic amines is 1. The maximum atomic E-state index is 11.8. The lowest BCUT2D eigenvalue weighted by Crippen LogP contribution is -2.27. The second-order valence-corrected chi connectivity index (χ2v) is 4.12. The Balaban J connectivity index is 2.09. The molecule has 17 heavy (non-hydrogen) atoms. The topological polar surface area (TPSA) is 62.7 Å². The zero-order valence-corrected chi connectivity index (χ0v) is 10.2. The van der Waals surface area contributed by atoms with E-state index in [1.807, 2.05) is 27.1 Å². The van der Waals surface area contributed by atoms with Gasteiger partial charge in [0, 0.05) is 25.0 Å². The predicted molar refractivity (Wildman–Crippen MR) is 64.6 cm³/mol. The van der Waals surface area contributed by atoms with Crippen LogP contribution in [0.1, 0.15) is 34.7 Å². The molecule has 2 heterocycles. The van der Waals surface area contributed by atoms with Crippen LogP contribution in [0.25, 0.3) is 0 Å². The molecule has 0 aliphatic carbocycles. The number of H-pyrrole nitrogens is 1. The van der Waals surface area contributed by atoms with Gasteiger partial charge in [-0.3, -0.25) is 9.48 Å². The number of nitrogens with one attached hydrogen (secondary N) is 2. The lowest BCUT2D eigenvalue weighted by Gasteiger charge is -2.12. The summed E-state index contributed by atoms with van der Waals surface area (Å²) in [6, 6.07) is 3.49. The van der Waals surface area contributed by atoms with Crippen molar-refractivity contribution < 1.29 is 4.79 Å². The van der Waals surface area contributed by atoms with Gasteiger partial charge in [0.15, 0.2) is 0 Å². The van der Waals surface area contributed by atoms with E-state index < -0.39 is 0 Å². The summed E-state index contributed by atoms with van der Waals surface area (Å²) < 4.78 is 1.75. The van der Waals surface area contributed by atoms with Gasteiger partial charge in [-0.15, -0.1) is 0 Å². The lowest BCUT2D eigenvalue weighted by molar-refractivity contribution is 0.0935. The van der Waals surface area contributed by atoms with Crippen LogP contribution in [0.5, 0.6) is 0 Å². The third kappa shape index (κ3) is 2.38. The van der Waals surface area contributed by atoms with E-state index in [1.54, 1.807) is 23.0 Å². The fourth-order valence-corrected chi connectivity index (χ4v) is 1.87. The minimum Gasteiger partial charge on any atom is -0.357 e. The Morgan fingerprint density at radius 3 is 2.88 bits per heavy atom. The number of amides is 1. The quantitative estimate of drug-likeness (QED) is 0.843. The Kier molecular flexibility index (Phi) is 2.99. The highest BCUT2D eigenvalue weighted by Gasteiger charge is 2.15. The molecule has 0 aliphatic rings. The highest BCUT2D eigenvalue weighted by atomic mass is 16.1. The zero-order valence-electron chi connectivity index (χ0n) is 10.2. The first-order chi connectivity index (χ1) is 8.08. The Morgan fingerprint density at radius 2 is 2.35 bits per heavy atom. The second-order valence-electron chi connectivity index (χ2n) is 4.12. The number of hydrogen-bond acceptors (Lipinski definition) is 2. The van der Waals surface area contributed by atoms with E-state index in [0.29, 0.717) is 5.69 Å². The van der Waals surface area contributed by atoms with Gasteiger partial charge in [0.2, 0.25) is 0 Å². The summed E-state index contributed by atoms with van der Waals surface area (Å²) in [4.78, 5) is 14.7. The van der Waals surface area contributed by atoms with Crippen LogP contribution >= 0.6 is 0 Å². The minimum absolute atomic E-state index is 0.0560. The van der Waals surface area contributed by atoms with E-state index in [2.05, 4.69) is 15.4 Å². The third-order valence-corrected chi connectivity index (χ3v) is 2.71. The van der Waals surface area contributed by atoms with Crippen LogP contribution in [0.15, 0.2) is 24.5 Å². The minimum atomic E-state index is -0.106. The molecule has 1 atom stereocenters. The van der Waals surface area contributed by atoms with E-state index in [4.69, 9.17) is 0 Å². The number of carbonyl (C=O) groups is 1. The molecule has 0 aromatic carbocycles. The maximum absolute atomic E-state index is 11.8. The summed E-state index contributed by atoms with van der Waals surface area (Å²) in [7, 11) is 1.87. The largest absolute Gasteiger partial charge is 0.357 e. The third-order valence-electron chi connectivity index (χ3n) is 2.71. The molecule has 1 unspecified atom stereocenters. The summed E-state index contributed by atoms with van der Waals surface area (Å²) in [6.07, 6.45) is 3.66.